The Kier molecular flexibility index (Phi) is 5.03. The van der Waals surface area contributed by atoms with Gasteiger partial charge in [-0.25, -0.2) is 18.7 Å². The number of nitrogens with one attached hydrogen (secondary N) is 2. The van der Waals surface area contributed by atoms with Crippen molar-refractivity contribution in [2.75, 3.05) is 17.2 Å². The predicted molar refractivity (Wildman–Crippen MR) is 79.2 cm³/mol. The van der Waals surface area contributed by atoms with Crippen molar-refractivity contribution in [2.45, 2.75) is 26.8 Å². The highest BCUT2D eigenvalue weighted by molar-refractivity contribution is 5.56. The van der Waals surface area contributed by atoms with E-state index in [0.29, 0.717) is 5.82 Å². The van der Waals surface area contributed by atoms with Gasteiger partial charge in [0.2, 0.25) is 0 Å². The molecule has 2 rings (SSSR count). The topological polar surface area (TPSA) is 49.8 Å². The summed E-state index contributed by atoms with van der Waals surface area (Å²) in [5, 5.41) is 6.21. The minimum atomic E-state index is -0.460. The quantitative estimate of drug-likeness (QED) is 0.855. The molecule has 0 saturated heterocycles. The largest absolute Gasteiger partial charge is 0.370 e. The predicted octanol–water partition coefficient (Wildman–Crippen LogP) is 3.50. The second kappa shape index (κ2) is 6.97. The van der Waals surface area contributed by atoms with E-state index in [9.17, 15) is 8.78 Å². The lowest BCUT2D eigenvalue weighted by molar-refractivity contribution is 0.587. The monoisotopic (exact) mass is 292 g/mol. The lowest BCUT2D eigenvalue weighted by Crippen LogP contribution is -2.09. The zero-order valence-corrected chi connectivity index (χ0v) is 12.1. The fourth-order valence-electron chi connectivity index (χ4n) is 1.91. The van der Waals surface area contributed by atoms with E-state index >= 15 is 0 Å². The van der Waals surface area contributed by atoms with Crippen LogP contribution in [-0.4, -0.2) is 16.5 Å². The summed E-state index contributed by atoms with van der Waals surface area (Å²) in [5.74, 6) is 0.444. The Labute approximate surface area is 122 Å². The van der Waals surface area contributed by atoms with E-state index < -0.39 is 11.6 Å². The zero-order chi connectivity index (χ0) is 15.2. The zero-order valence-electron chi connectivity index (χ0n) is 12.1. The van der Waals surface area contributed by atoms with E-state index in [1.165, 1.54) is 12.4 Å². The van der Waals surface area contributed by atoms with E-state index in [0.717, 1.165) is 36.5 Å². The fraction of sp³-hybridized carbons (Fsp3) is 0.333. The highest BCUT2D eigenvalue weighted by Crippen LogP contribution is 2.19. The third-order valence-electron chi connectivity index (χ3n) is 3.08. The molecule has 0 spiro atoms. The first-order valence-electron chi connectivity index (χ1n) is 6.85. The van der Waals surface area contributed by atoms with Gasteiger partial charge in [-0.15, -0.1) is 0 Å². The molecule has 0 amide bonds. The minimum absolute atomic E-state index is 0.161. The Bertz CT molecular complexity index is 617. The number of benzene rings is 1. The van der Waals surface area contributed by atoms with Crippen molar-refractivity contribution < 1.29 is 8.78 Å². The molecule has 0 aliphatic rings. The lowest BCUT2D eigenvalue weighted by atomic mass is 10.2. The van der Waals surface area contributed by atoms with Crippen LogP contribution in [0.4, 0.5) is 20.4 Å². The highest BCUT2D eigenvalue weighted by atomic mass is 19.1. The molecule has 2 aromatic rings. The van der Waals surface area contributed by atoms with Gasteiger partial charge in [-0.3, -0.25) is 0 Å². The van der Waals surface area contributed by atoms with Crippen molar-refractivity contribution in [3.05, 3.63) is 47.3 Å². The first-order chi connectivity index (χ1) is 10.1. The summed E-state index contributed by atoms with van der Waals surface area (Å²) in [6.07, 6.45) is 2.43. The number of halogens is 2. The molecule has 0 aliphatic heterocycles. The smallest absolute Gasteiger partial charge is 0.134 e. The summed E-state index contributed by atoms with van der Waals surface area (Å²) in [5.41, 5.74) is 1.11. The molecule has 0 bridgehead atoms. The molecule has 0 unspecified atom stereocenters. The molecule has 0 radical (unpaired) electrons. The van der Waals surface area contributed by atoms with Gasteiger partial charge in [0.1, 0.15) is 29.6 Å². The molecular formula is C15H18F2N4. The maximum absolute atomic E-state index is 13.6. The number of hydrogen-bond acceptors (Lipinski definition) is 4. The van der Waals surface area contributed by atoms with Crippen LogP contribution in [0.1, 0.15) is 24.5 Å². The highest BCUT2D eigenvalue weighted by Gasteiger charge is 2.08. The molecule has 0 aliphatic carbocycles. The van der Waals surface area contributed by atoms with Crippen molar-refractivity contribution in [1.82, 2.24) is 9.97 Å². The maximum Gasteiger partial charge on any atom is 0.134 e. The van der Waals surface area contributed by atoms with Gasteiger partial charge in [0, 0.05) is 24.2 Å². The van der Waals surface area contributed by atoms with E-state index in [2.05, 4.69) is 27.5 Å². The summed E-state index contributed by atoms with van der Waals surface area (Å²) in [6.45, 7) is 4.92. The third kappa shape index (κ3) is 3.87. The summed E-state index contributed by atoms with van der Waals surface area (Å²) in [6, 6.07) is 3.39. The van der Waals surface area contributed by atoms with Crippen LogP contribution >= 0.6 is 0 Å². The molecule has 2 N–H and O–H groups in total. The van der Waals surface area contributed by atoms with Gasteiger partial charge in [0.25, 0.3) is 0 Å². The van der Waals surface area contributed by atoms with Gasteiger partial charge < -0.3 is 10.6 Å². The normalized spacial score (nSPS) is 10.5. The van der Waals surface area contributed by atoms with Crippen LogP contribution in [0, 0.1) is 18.6 Å². The van der Waals surface area contributed by atoms with Crippen LogP contribution < -0.4 is 10.6 Å². The average molecular weight is 292 g/mol. The lowest BCUT2D eigenvalue weighted by Gasteiger charge is -2.12. The van der Waals surface area contributed by atoms with E-state index in [4.69, 9.17) is 0 Å². The average Bonchev–Trinajstić information content (AvgIpc) is 2.48. The van der Waals surface area contributed by atoms with Gasteiger partial charge >= 0.3 is 0 Å². The molecule has 0 saturated carbocycles. The Morgan fingerprint density at radius 2 is 1.81 bits per heavy atom. The Hall–Kier alpha value is -2.24. The number of aromatic nitrogens is 2. The van der Waals surface area contributed by atoms with Crippen molar-refractivity contribution in [2.24, 2.45) is 0 Å². The van der Waals surface area contributed by atoms with Gasteiger partial charge in [0.05, 0.1) is 0 Å². The summed E-state index contributed by atoms with van der Waals surface area (Å²) in [4.78, 5) is 8.30. The van der Waals surface area contributed by atoms with Crippen LogP contribution in [0.15, 0.2) is 24.5 Å². The first-order valence-corrected chi connectivity index (χ1v) is 6.85. The molecule has 112 valence electrons. The standard InChI is InChI=1S/C15H18F2N4/c1-3-6-18-14-10(2)15(21-9-20-14)19-8-11-7-12(16)4-5-13(11)17/h4-5,7,9H,3,6,8H2,1-2H3,(H2,18,19,20,21). The third-order valence-corrected chi connectivity index (χ3v) is 3.08. The molecule has 0 atom stereocenters. The molecule has 1 aromatic carbocycles. The Morgan fingerprint density at radius 1 is 1.10 bits per heavy atom. The number of nitrogens with zero attached hydrogens (tertiary/aromatic N) is 2. The van der Waals surface area contributed by atoms with Gasteiger partial charge in [-0.1, -0.05) is 6.92 Å². The number of rotatable bonds is 6. The first kappa shape index (κ1) is 15.2. The molecular weight excluding hydrogens is 274 g/mol. The van der Waals surface area contributed by atoms with Gasteiger partial charge in [-0.2, -0.15) is 0 Å². The molecule has 21 heavy (non-hydrogen) atoms. The molecule has 4 nitrogen and oxygen atoms in total. The van der Waals surface area contributed by atoms with Crippen molar-refractivity contribution in [3.63, 3.8) is 0 Å². The maximum atomic E-state index is 13.6. The van der Waals surface area contributed by atoms with E-state index in [-0.39, 0.29) is 12.1 Å². The SMILES string of the molecule is CCCNc1ncnc(NCc2cc(F)ccc2F)c1C. The number of hydrogen-bond donors (Lipinski definition) is 2. The molecule has 1 aromatic heterocycles. The fourth-order valence-corrected chi connectivity index (χ4v) is 1.91. The van der Waals surface area contributed by atoms with Gasteiger partial charge in [-0.05, 0) is 31.5 Å². The molecule has 0 fully saturated rings. The van der Waals surface area contributed by atoms with Crippen LogP contribution in [0.25, 0.3) is 0 Å². The van der Waals surface area contributed by atoms with E-state index in [1.807, 2.05) is 6.92 Å². The van der Waals surface area contributed by atoms with Crippen LogP contribution in [-0.2, 0) is 6.54 Å². The van der Waals surface area contributed by atoms with Crippen molar-refractivity contribution >= 4 is 11.6 Å². The second-order valence-corrected chi connectivity index (χ2v) is 4.71. The summed E-state index contributed by atoms with van der Waals surface area (Å²) >= 11 is 0. The summed E-state index contributed by atoms with van der Waals surface area (Å²) in [7, 11) is 0. The van der Waals surface area contributed by atoms with Crippen molar-refractivity contribution in [3.8, 4) is 0 Å². The van der Waals surface area contributed by atoms with Crippen molar-refractivity contribution in [1.29, 1.82) is 0 Å². The van der Waals surface area contributed by atoms with Crippen LogP contribution in [0.2, 0.25) is 0 Å². The molecule has 1 heterocycles. The second-order valence-electron chi connectivity index (χ2n) is 4.71. The number of anilines is 2. The van der Waals surface area contributed by atoms with Gasteiger partial charge in [0.15, 0.2) is 0 Å². The van der Waals surface area contributed by atoms with Crippen LogP contribution in [0.3, 0.4) is 0 Å². The Balaban J connectivity index is 2.11. The minimum Gasteiger partial charge on any atom is -0.370 e. The Morgan fingerprint density at radius 3 is 2.52 bits per heavy atom. The summed E-state index contributed by atoms with van der Waals surface area (Å²) < 4.78 is 26.7. The molecule has 6 heteroatoms. The van der Waals surface area contributed by atoms with Crippen LogP contribution in [0.5, 0.6) is 0 Å². The van der Waals surface area contributed by atoms with E-state index in [1.54, 1.807) is 0 Å².